The summed E-state index contributed by atoms with van der Waals surface area (Å²) in [6.45, 7) is 3.49. The zero-order valence-corrected chi connectivity index (χ0v) is 9.21. The normalized spacial score (nSPS) is 10.0. The van der Waals surface area contributed by atoms with Gasteiger partial charge >= 0.3 is 0 Å². The number of hydrogen-bond acceptors (Lipinski definition) is 3. The molecule has 0 saturated heterocycles. The van der Waals surface area contributed by atoms with Gasteiger partial charge in [-0.1, -0.05) is 0 Å². The number of rotatable bonds is 5. The van der Waals surface area contributed by atoms with Gasteiger partial charge in [0.25, 0.3) is 5.91 Å². The molecule has 0 unspecified atom stereocenters. The van der Waals surface area contributed by atoms with Crippen LogP contribution in [-0.2, 0) is 0 Å². The summed E-state index contributed by atoms with van der Waals surface area (Å²) < 4.78 is 0. The molecule has 1 amide bonds. The van der Waals surface area contributed by atoms with Crippen LogP contribution in [0.2, 0.25) is 0 Å². The lowest BCUT2D eigenvalue weighted by atomic mass is 10.2. The van der Waals surface area contributed by atoms with Crippen LogP contribution in [0, 0.1) is 6.92 Å². The number of amides is 1. The van der Waals surface area contributed by atoms with Crippen LogP contribution in [0.4, 0.5) is 0 Å². The Morgan fingerprint density at radius 1 is 1.40 bits per heavy atom. The Morgan fingerprint density at radius 2 is 2.20 bits per heavy atom. The minimum Gasteiger partial charge on any atom is -0.352 e. The fraction of sp³-hybridized carbons (Fsp3) is 0.455. The summed E-state index contributed by atoms with van der Waals surface area (Å²) in [6, 6.07) is 3.62. The average molecular weight is 207 g/mol. The summed E-state index contributed by atoms with van der Waals surface area (Å²) in [6.07, 6.45) is 2.53. The van der Waals surface area contributed by atoms with E-state index in [-0.39, 0.29) is 5.91 Å². The molecule has 0 aliphatic heterocycles. The van der Waals surface area contributed by atoms with Gasteiger partial charge in [-0.15, -0.1) is 0 Å². The molecule has 0 bridgehead atoms. The molecule has 1 aromatic rings. The molecule has 15 heavy (non-hydrogen) atoms. The largest absolute Gasteiger partial charge is 0.352 e. The van der Waals surface area contributed by atoms with E-state index in [0.717, 1.165) is 18.7 Å². The van der Waals surface area contributed by atoms with Gasteiger partial charge in [-0.2, -0.15) is 0 Å². The van der Waals surface area contributed by atoms with Crippen LogP contribution in [0.5, 0.6) is 0 Å². The molecule has 0 aliphatic rings. The number of nitrogens with one attached hydrogen (secondary N) is 2. The van der Waals surface area contributed by atoms with Gasteiger partial charge in [-0.3, -0.25) is 9.78 Å². The van der Waals surface area contributed by atoms with Crippen molar-refractivity contribution in [3.63, 3.8) is 0 Å². The van der Waals surface area contributed by atoms with Gasteiger partial charge in [-0.05, 0) is 39.1 Å². The molecule has 0 fully saturated rings. The second-order valence-electron chi connectivity index (χ2n) is 3.40. The van der Waals surface area contributed by atoms with Gasteiger partial charge in [0.05, 0.1) is 5.56 Å². The van der Waals surface area contributed by atoms with Crippen molar-refractivity contribution < 1.29 is 4.79 Å². The highest BCUT2D eigenvalue weighted by atomic mass is 16.1. The number of carbonyl (C=O) groups is 1. The lowest BCUT2D eigenvalue weighted by Gasteiger charge is -2.04. The molecular formula is C11H17N3O. The Hall–Kier alpha value is -1.42. The molecule has 1 rings (SSSR count). The van der Waals surface area contributed by atoms with E-state index in [2.05, 4.69) is 15.6 Å². The molecule has 82 valence electrons. The van der Waals surface area contributed by atoms with Gasteiger partial charge in [0, 0.05) is 18.4 Å². The molecule has 0 aliphatic carbocycles. The van der Waals surface area contributed by atoms with Crippen molar-refractivity contribution in [2.45, 2.75) is 13.3 Å². The zero-order valence-electron chi connectivity index (χ0n) is 9.21. The Balaban J connectivity index is 2.37. The number of carbonyl (C=O) groups excluding carboxylic acids is 1. The number of aromatic nitrogens is 1. The third-order valence-electron chi connectivity index (χ3n) is 2.06. The third-order valence-corrected chi connectivity index (χ3v) is 2.06. The van der Waals surface area contributed by atoms with E-state index < -0.39 is 0 Å². The van der Waals surface area contributed by atoms with E-state index in [1.807, 2.05) is 20.0 Å². The zero-order chi connectivity index (χ0) is 11.1. The Kier molecular flexibility index (Phi) is 4.77. The highest BCUT2D eigenvalue weighted by molar-refractivity contribution is 5.93. The van der Waals surface area contributed by atoms with Crippen LogP contribution in [0.3, 0.4) is 0 Å². The standard InChI is InChI=1S/C11H17N3O/c1-9-4-5-10(8-14-9)11(15)13-7-3-6-12-2/h4-5,8,12H,3,6-7H2,1-2H3,(H,13,15). The Labute approximate surface area is 90.1 Å². The van der Waals surface area contributed by atoms with Gasteiger partial charge < -0.3 is 10.6 Å². The van der Waals surface area contributed by atoms with E-state index in [1.54, 1.807) is 12.3 Å². The first-order chi connectivity index (χ1) is 7.24. The van der Waals surface area contributed by atoms with Crippen molar-refractivity contribution in [3.8, 4) is 0 Å². The first-order valence-corrected chi connectivity index (χ1v) is 5.09. The summed E-state index contributed by atoms with van der Waals surface area (Å²) >= 11 is 0. The van der Waals surface area contributed by atoms with Crippen molar-refractivity contribution in [1.29, 1.82) is 0 Å². The fourth-order valence-corrected chi connectivity index (χ4v) is 1.17. The first-order valence-electron chi connectivity index (χ1n) is 5.09. The van der Waals surface area contributed by atoms with Crippen molar-refractivity contribution in [2.24, 2.45) is 0 Å². The minimum absolute atomic E-state index is 0.0568. The van der Waals surface area contributed by atoms with Gasteiger partial charge in [0.2, 0.25) is 0 Å². The Bertz CT molecular complexity index is 308. The second kappa shape index (κ2) is 6.14. The Morgan fingerprint density at radius 3 is 2.80 bits per heavy atom. The molecule has 2 N–H and O–H groups in total. The molecule has 4 nitrogen and oxygen atoms in total. The van der Waals surface area contributed by atoms with Crippen molar-refractivity contribution in [3.05, 3.63) is 29.6 Å². The van der Waals surface area contributed by atoms with Gasteiger partial charge in [-0.25, -0.2) is 0 Å². The minimum atomic E-state index is -0.0568. The van der Waals surface area contributed by atoms with Crippen LogP contribution in [0.25, 0.3) is 0 Å². The highest BCUT2D eigenvalue weighted by Gasteiger charge is 2.03. The van der Waals surface area contributed by atoms with Crippen LogP contribution >= 0.6 is 0 Å². The maximum absolute atomic E-state index is 11.5. The van der Waals surface area contributed by atoms with E-state index in [4.69, 9.17) is 0 Å². The number of hydrogen-bond donors (Lipinski definition) is 2. The lowest BCUT2D eigenvalue weighted by Crippen LogP contribution is -2.26. The molecular weight excluding hydrogens is 190 g/mol. The van der Waals surface area contributed by atoms with E-state index >= 15 is 0 Å². The van der Waals surface area contributed by atoms with Crippen molar-refractivity contribution in [2.75, 3.05) is 20.1 Å². The molecule has 0 saturated carbocycles. The predicted molar refractivity (Wildman–Crippen MR) is 59.9 cm³/mol. The average Bonchev–Trinajstić information content (AvgIpc) is 2.25. The molecule has 1 heterocycles. The smallest absolute Gasteiger partial charge is 0.252 e. The molecule has 0 spiro atoms. The quantitative estimate of drug-likeness (QED) is 0.700. The van der Waals surface area contributed by atoms with Crippen molar-refractivity contribution in [1.82, 2.24) is 15.6 Å². The fourth-order valence-electron chi connectivity index (χ4n) is 1.17. The third kappa shape index (κ3) is 4.08. The molecule has 0 aromatic carbocycles. The number of nitrogens with zero attached hydrogens (tertiary/aromatic N) is 1. The van der Waals surface area contributed by atoms with Gasteiger partial charge in [0.1, 0.15) is 0 Å². The van der Waals surface area contributed by atoms with Crippen LogP contribution in [-0.4, -0.2) is 31.0 Å². The van der Waals surface area contributed by atoms with Crippen LogP contribution < -0.4 is 10.6 Å². The monoisotopic (exact) mass is 207 g/mol. The summed E-state index contributed by atoms with van der Waals surface area (Å²) in [4.78, 5) is 15.6. The van der Waals surface area contributed by atoms with E-state index in [0.29, 0.717) is 12.1 Å². The predicted octanol–water partition coefficient (Wildman–Crippen LogP) is 0.729. The SMILES string of the molecule is CNCCCNC(=O)c1ccc(C)nc1. The first kappa shape index (κ1) is 11.7. The summed E-state index contributed by atoms with van der Waals surface area (Å²) in [5.74, 6) is -0.0568. The molecule has 0 radical (unpaired) electrons. The van der Waals surface area contributed by atoms with Crippen LogP contribution in [0.1, 0.15) is 22.5 Å². The second-order valence-corrected chi connectivity index (χ2v) is 3.40. The maximum Gasteiger partial charge on any atom is 0.252 e. The lowest BCUT2D eigenvalue weighted by molar-refractivity contribution is 0.0953. The number of aryl methyl sites for hydroxylation is 1. The summed E-state index contributed by atoms with van der Waals surface area (Å²) in [5.41, 5.74) is 1.53. The number of pyridine rings is 1. The van der Waals surface area contributed by atoms with E-state index in [1.165, 1.54) is 0 Å². The maximum atomic E-state index is 11.5. The van der Waals surface area contributed by atoms with Gasteiger partial charge in [0.15, 0.2) is 0 Å². The molecule has 4 heteroatoms. The van der Waals surface area contributed by atoms with E-state index in [9.17, 15) is 4.79 Å². The topological polar surface area (TPSA) is 54.0 Å². The highest BCUT2D eigenvalue weighted by Crippen LogP contribution is 1.98. The molecule has 1 aromatic heterocycles. The van der Waals surface area contributed by atoms with Crippen LogP contribution in [0.15, 0.2) is 18.3 Å². The van der Waals surface area contributed by atoms with Crippen molar-refractivity contribution >= 4 is 5.91 Å². The summed E-state index contributed by atoms with van der Waals surface area (Å²) in [5, 5.41) is 5.86. The summed E-state index contributed by atoms with van der Waals surface area (Å²) in [7, 11) is 1.89. The molecule has 0 atom stereocenters.